The molecule has 0 atom stereocenters. The van der Waals surface area contributed by atoms with Gasteiger partial charge in [-0.3, -0.25) is 4.79 Å². The molecule has 0 aromatic carbocycles. The number of esters is 1. The zero-order valence-corrected chi connectivity index (χ0v) is 15.8. The summed E-state index contributed by atoms with van der Waals surface area (Å²) in [6.07, 6.45) is 0.263. The Hall–Kier alpha value is -0.810. The van der Waals surface area contributed by atoms with Crippen LogP contribution < -0.4 is 0 Å². The molecule has 0 bridgehead atoms. The lowest BCUT2D eigenvalue weighted by atomic mass is 10.5. The van der Waals surface area contributed by atoms with Gasteiger partial charge in [-0.25, -0.2) is 0 Å². The van der Waals surface area contributed by atoms with Crippen LogP contribution in [-0.2, 0) is 38.0 Å². The van der Waals surface area contributed by atoms with Crippen molar-refractivity contribution in [2.24, 2.45) is 0 Å². The van der Waals surface area contributed by atoms with Gasteiger partial charge in [0.2, 0.25) is 0 Å². The van der Waals surface area contributed by atoms with Gasteiger partial charge in [0.25, 0.3) is 0 Å². The van der Waals surface area contributed by atoms with Crippen molar-refractivity contribution in [3.8, 4) is 0 Å². The highest BCUT2D eigenvalue weighted by Crippen LogP contribution is 1.89. The lowest BCUT2D eigenvalue weighted by Gasteiger charge is -2.08. The Morgan fingerprint density at radius 1 is 0.615 bits per heavy atom. The number of hydrogen-bond acceptors (Lipinski definition) is 9. The van der Waals surface area contributed by atoms with Crippen LogP contribution in [0.3, 0.4) is 0 Å². The first kappa shape index (κ1) is 25.2. The number of aliphatic hydroxyl groups excluding tert-OH is 1. The van der Waals surface area contributed by atoms with Crippen molar-refractivity contribution in [2.45, 2.75) is 13.3 Å². The highest BCUT2D eigenvalue weighted by molar-refractivity contribution is 5.69. The molecule has 26 heavy (non-hydrogen) atoms. The first-order valence-electron chi connectivity index (χ1n) is 9.04. The van der Waals surface area contributed by atoms with Crippen LogP contribution in [0.5, 0.6) is 0 Å². The van der Waals surface area contributed by atoms with Crippen molar-refractivity contribution in [2.75, 3.05) is 92.5 Å². The van der Waals surface area contributed by atoms with Gasteiger partial charge in [-0.1, -0.05) is 0 Å². The minimum Gasteiger partial charge on any atom is -0.466 e. The maximum Gasteiger partial charge on any atom is 0.308 e. The third-order valence-corrected chi connectivity index (χ3v) is 2.85. The molecule has 0 rings (SSSR count). The number of hydrogen-bond donors (Lipinski definition) is 1. The molecule has 0 spiro atoms. The summed E-state index contributed by atoms with van der Waals surface area (Å²) in [6, 6.07) is 0. The molecule has 0 aliphatic heterocycles. The van der Waals surface area contributed by atoms with Crippen molar-refractivity contribution in [3.63, 3.8) is 0 Å². The molecule has 156 valence electrons. The summed E-state index contributed by atoms with van der Waals surface area (Å²) in [6.45, 7) is 7.71. The number of carbonyl (C=O) groups is 1. The third kappa shape index (κ3) is 21.2. The van der Waals surface area contributed by atoms with Gasteiger partial charge in [-0.15, -0.1) is 0 Å². The summed E-state index contributed by atoms with van der Waals surface area (Å²) in [5, 5.41) is 8.51. The molecule has 0 aromatic rings. The SMILES string of the molecule is CCOC(=O)CCOCCOCCOCCOCCOCCOCCO. The quantitative estimate of drug-likeness (QED) is 0.218. The van der Waals surface area contributed by atoms with Gasteiger partial charge in [0.05, 0.1) is 98.9 Å². The maximum absolute atomic E-state index is 11.0. The molecular formula is C17H34O9. The van der Waals surface area contributed by atoms with Crippen molar-refractivity contribution in [3.05, 3.63) is 0 Å². The van der Waals surface area contributed by atoms with Crippen LogP contribution in [0.1, 0.15) is 13.3 Å². The van der Waals surface area contributed by atoms with E-state index in [2.05, 4.69) is 0 Å². The standard InChI is InChI=1S/C17H34O9/c1-2-26-17(19)3-5-20-7-9-22-11-13-24-15-16-25-14-12-23-10-8-21-6-4-18/h18H,2-16H2,1H3. The van der Waals surface area contributed by atoms with Gasteiger partial charge >= 0.3 is 5.97 Å². The predicted octanol–water partition coefficient (Wildman–Crippen LogP) is 0.0315. The van der Waals surface area contributed by atoms with E-state index in [0.29, 0.717) is 85.9 Å². The maximum atomic E-state index is 11.0. The second kappa shape index (κ2) is 22.2. The Morgan fingerprint density at radius 3 is 1.31 bits per heavy atom. The molecule has 0 saturated heterocycles. The number of rotatable bonds is 21. The summed E-state index contributed by atoms with van der Waals surface area (Å²) in [5.41, 5.74) is 0. The van der Waals surface area contributed by atoms with E-state index in [0.717, 1.165) is 0 Å². The topological polar surface area (TPSA) is 102 Å². The van der Waals surface area contributed by atoms with E-state index in [4.69, 9.17) is 38.3 Å². The molecule has 0 saturated carbocycles. The first-order chi connectivity index (χ1) is 12.8. The average Bonchev–Trinajstić information content (AvgIpc) is 2.64. The molecular weight excluding hydrogens is 348 g/mol. The zero-order valence-electron chi connectivity index (χ0n) is 15.8. The van der Waals surface area contributed by atoms with Gasteiger partial charge in [0, 0.05) is 0 Å². The fourth-order valence-corrected chi connectivity index (χ4v) is 1.65. The first-order valence-corrected chi connectivity index (χ1v) is 9.04. The smallest absolute Gasteiger partial charge is 0.308 e. The summed E-state index contributed by atoms with van der Waals surface area (Å²) >= 11 is 0. The molecule has 9 nitrogen and oxygen atoms in total. The number of ether oxygens (including phenoxy) is 7. The minimum atomic E-state index is -0.248. The molecule has 0 amide bonds. The number of aliphatic hydroxyl groups is 1. The fourth-order valence-electron chi connectivity index (χ4n) is 1.65. The molecule has 9 heteroatoms. The molecule has 0 fully saturated rings. The van der Waals surface area contributed by atoms with Gasteiger partial charge < -0.3 is 38.3 Å². The van der Waals surface area contributed by atoms with Crippen LogP contribution in [0.2, 0.25) is 0 Å². The van der Waals surface area contributed by atoms with Crippen LogP contribution in [0, 0.1) is 0 Å². The molecule has 0 unspecified atom stereocenters. The minimum absolute atomic E-state index is 0.0268. The van der Waals surface area contributed by atoms with Crippen LogP contribution in [0.4, 0.5) is 0 Å². The predicted molar refractivity (Wildman–Crippen MR) is 93.2 cm³/mol. The van der Waals surface area contributed by atoms with Gasteiger partial charge in [-0.2, -0.15) is 0 Å². The number of carbonyl (C=O) groups excluding carboxylic acids is 1. The van der Waals surface area contributed by atoms with Crippen molar-refractivity contribution < 1.29 is 43.1 Å². The molecule has 0 aromatic heterocycles. The molecule has 1 N–H and O–H groups in total. The van der Waals surface area contributed by atoms with Crippen LogP contribution in [0.15, 0.2) is 0 Å². The molecule has 0 radical (unpaired) electrons. The van der Waals surface area contributed by atoms with E-state index in [-0.39, 0.29) is 19.0 Å². The molecule has 0 aliphatic rings. The Morgan fingerprint density at radius 2 is 0.962 bits per heavy atom. The summed E-state index contributed by atoms with van der Waals surface area (Å²) in [7, 11) is 0. The Balaban J connectivity index is 3.02. The van der Waals surface area contributed by atoms with E-state index in [1.54, 1.807) is 6.92 Å². The van der Waals surface area contributed by atoms with Crippen LogP contribution >= 0.6 is 0 Å². The monoisotopic (exact) mass is 382 g/mol. The fraction of sp³-hybridized carbons (Fsp3) is 0.941. The zero-order chi connectivity index (χ0) is 19.1. The highest BCUT2D eigenvalue weighted by Gasteiger charge is 2.00. The Labute approximate surface area is 155 Å². The van der Waals surface area contributed by atoms with Crippen LogP contribution in [0.25, 0.3) is 0 Å². The average molecular weight is 382 g/mol. The highest BCUT2D eigenvalue weighted by atomic mass is 16.6. The van der Waals surface area contributed by atoms with E-state index in [1.165, 1.54) is 0 Å². The van der Waals surface area contributed by atoms with Crippen molar-refractivity contribution in [1.29, 1.82) is 0 Å². The largest absolute Gasteiger partial charge is 0.466 e. The summed E-state index contributed by atoms with van der Waals surface area (Å²) < 4.78 is 36.4. The van der Waals surface area contributed by atoms with E-state index in [1.807, 2.05) is 0 Å². The third-order valence-electron chi connectivity index (χ3n) is 2.85. The van der Waals surface area contributed by atoms with Crippen molar-refractivity contribution in [1.82, 2.24) is 0 Å². The van der Waals surface area contributed by atoms with Gasteiger partial charge in [-0.05, 0) is 6.92 Å². The second-order valence-corrected chi connectivity index (χ2v) is 4.95. The van der Waals surface area contributed by atoms with Gasteiger partial charge in [0.15, 0.2) is 0 Å². The normalized spacial score (nSPS) is 11.0. The Bertz CT molecular complexity index is 289. The Kier molecular flexibility index (Phi) is 21.5. The summed E-state index contributed by atoms with van der Waals surface area (Å²) in [4.78, 5) is 11.0. The molecule has 0 aliphatic carbocycles. The molecule has 0 heterocycles. The second-order valence-electron chi connectivity index (χ2n) is 4.95. The van der Waals surface area contributed by atoms with Gasteiger partial charge in [0.1, 0.15) is 0 Å². The van der Waals surface area contributed by atoms with Crippen molar-refractivity contribution >= 4 is 5.97 Å². The summed E-state index contributed by atoms with van der Waals surface area (Å²) in [5.74, 6) is -0.248. The van der Waals surface area contributed by atoms with E-state index in [9.17, 15) is 4.79 Å². The lowest BCUT2D eigenvalue weighted by molar-refractivity contribution is -0.144. The lowest BCUT2D eigenvalue weighted by Crippen LogP contribution is -2.14. The van der Waals surface area contributed by atoms with E-state index >= 15 is 0 Å². The van der Waals surface area contributed by atoms with Crippen LogP contribution in [-0.4, -0.2) is 104 Å². The van der Waals surface area contributed by atoms with E-state index < -0.39 is 0 Å².